The van der Waals surface area contributed by atoms with E-state index in [0.29, 0.717) is 22.3 Å². The molecule has 14 heteroatoms. The normalized spacial score (nSPS) is 13.6. The van der Waals surface area contributed by atoms with Gasteiger partial charge in [0.1, 0.15) is 23.8 Å². The second-order valence-corrected chi connectivity index (χ2v) is 18.9. The zero-order chi connectivity index (χ0) is 37.1. The Morgan fingerprint density at radius 3 is 0.904 bits per heavy atom. The Bertz CT molecular complexity index is 1720. The Kier molecular flexibility index (Phi) is 14.2. The maximum absolute atomic E-state index is 14.1. The molecule has 0 atom stereocenters. The summed E-state index contributed by atoms with van der Waals surface area (Å²) in [5.74, 6) is -1.09. The molecule has 1 aliphatic rings. The van der Waals surface area contributed by atoms with Crippen LogP contribution in [0.3, 0.4) is 0 Å². The topological polar surface area (TPSA) is 214 Å². The van der Waals surface area contributed by atoms with E-state index in [0.717, 1.165) is 11.1 Å². The molecule has 0 aromatic heterocycles. The molecule has 0 radical (unpaired) electrons. The fourth-order valence-electron chi connectivity index (χ4n) is 6.58. The molecule has 0 saturated carbocycles. The van der Waals surface area contributed by atoms with E-state index in [1.54, 1.807) is 24.3 Å². The van der Waals surface area contributed by atoms with Crippen molar-refractivity contribution >= 4 is 15.9 Å². The second kappa shape index (κ2) is 16.4. The van der Waals surface area contributed by atoms with Crippen LogP contribution in [0.25, 0.3) is 0 Å². The van der Waals surface area contributed by atoms with Crippen molar-refractivity contribution < 1.29 is 109 Å². The molecule has 4 aromatic carbocycles. The fourth-order valence-corrected chi connectivity index (χ4v) is 7.90. The van der Waals surface area contributed by atoms with E-state index in [1.165, 1.54) is 24.3 Å². The summed E-state index contributed by atoms with van der Waals surface area (Å²) in [6.45, 7) is 11.8. The number of fused-ring (bicyclic) bond motifs is 8. The molecule has 1 aliphatic carbocycles. The van der Waals surface area contributed by atoms with Gasteiger partial charge in [-0.15, -0.1) is 11.5 Å². The van der Waals surface area contributed by atoms with Crippen molar-refractivity contribution in [2.24, 2.45) is 0 Å². The third-order valence-electron chi connectivity index (χ3n) is 9.17. The number of hydrogen-bond acceptors (Lipinski definition) is 10. The quantitative estimate of drug-likeness (QED) is 0.0854. The van der Waals surface area contributed by atoms with Crippen molar-refractivity contribution in [3.05, 3.63) is 115 Å². The van der Waals surface area contributed by atoms with Crippen LogP contribution in [-0.2, 0) is 48.8 Å². The standard InChI is InChI=1S/C38H46O10P2.2Na/c1-37(2,3)31-15-27-11-23-7-21(19-49(43,44)45)9-25(33(23)39)13-29-17-32(38(4,5)6)18-30(36(29)42)14-26-10-22(20-50(46,47)48)8-24(34(26)40)12-28(16-31)35(27)41;;/h7-10,15-18,39-42H,11-14,19-20H2,1-6H3,(H2,43,44,45)(H2,46,47,48);;/q;2*+1/p-2. The maximum atomic E-state index is 14.1. The van der Waals surface area contributed by atoms with Crippen molar-refractivity contribution in [3.8, 4) is 23.0 Å². The van der Waals surface area contributed by atoms with Gasteiger partial charge in [-0.2, -0.15) is 0 Å². The van der Waals surface area contributed by atoms with E-state index in [-0.39, 0.29) is 141 Å². The molecular weight excluding hydrogens is 724 g/mol. The summed E-state index contributed by atoms with van der Waals surface area (Å²) in [5.41, 5.74) is 3.52. The van der Waals surface area contributed by atoms with Gasteiger partial charge >= 0.3 is 59.1 Å². The minimum Gasteiger partial charge on any atom is -0.872 e. The summed E-state index contributed by atoms with van der Waals surface area (Å²) in [7, 11) is -9.08. The Morgan fingerprint density at radius 1 is 0.481 bits per heavy atom. The smallest absolute Gasteiger partial charge is 0.872 e. The fraction of sp³-hybridized carbons (Fsp3) is 0.368. The third kappa shape index (κ3) is 10.9. The minimum atomic E-state index is -4.54. The zero-order valence-electron chi connectivity index (χ0n) is 31.1. The molecule has 4 aromatic rings. The largest absolute Gasteiger partial charge is 1.00 e. The van der Waals surface area contributed by atoms with Crippen LogP contribution >= 0.6 is 15.9 Å². The predicted molar refractivity (Wildman–Crippen MR) is 187 cm³/mol. The first-order valence-corrected chi connectivity index (χ1v) is 19.9. The van der Waals surface area contributed by atoms with Gasteiger partial charge in [0.2, 0.25) is 15.9 Å². The molecule has 0 fully saturated rings. The third-order valence-corrected chi connectivity index (χ3v) is 10.7. The van der Waals surface area contributed by atoms with Crippen molar-refractivity contribution in [3.63, 3.8) is 0 Å². The van der Waals surface area contributed by atoms with Gasteiger partial charge in [-0.25, -0.2) is 19.6 Å². The monoisotopic (exact) mass is 768 g/mol. The molecule has 0 amide bonds. The van der Waals surface area contributed by atoms with Crippen molar-refractivity contribution in [1.82, 2.24) is 0 Å². The van der Waals surface area contributed by atoms with E-state index in [9.17, 15) is 49.8 Å². The van der Waals surface area contributed by atoms with Crippen molar-refractivity contribution in [2.75, 3.05) is 0 Å². The van der Waals surface area contributed by atoms with Crippen LogP contribution in [0, 0.1) is 0 Å². The van der Waals surface area contributed by atoms with Crippen molar-refractivity contribution in [2.45, 2.75) is 90.4 Å². The van der Waals surface area contributed by atoms with Crippen LogP contribution in [0.1, 0.15) is 108 Å². The van der Waals surface area contributed by atoms with Gasteiger partial charge in [0.05, 0.1) is 0 Å². The Hall–Kier alpha value is -1.30. The molecular formula is C38H44Na2O10P2. The number of benzene rings is 4. The summed E-state index contributed by atoms with van der Waals surface area (Å²) in [6, 6.07) is 12.9. The molecule has 0 saturated heterocycles. The molecule has 0 heterocycles. The second-order valence-electron chi connectivity index (χ2n) is 15.6. The number of phenolic OH excluding ortho intramolecular Hbond substituents is 2. The van der Waals surface area contributed by atoms with E-state index in [1.807, 2.05) is 41.5 Å². The first-order valence-electron chi connectivity index (χ1n) is 16.3. The number of hydrogen-bond donors (Lipinski definition) is 6. The summed E-state index contributed by atoms with van der Waals surface area (Å²) in [5, 5.41) is 51.6. The van der Waals surface area contributed by atoms with Gasteiger partial charge in [-0.05, 0) is 55.3 Å². The van der Waals surface area contributed by atoms with Gasteiger partial charge in [0.25, 0.3) is 0 Å². The summed E-state index contributed by atoms with van der Waals surface area (Å²) in [4.78, 5) is 63.7. The Morgan fingerprint density at radius 2 is 0.712 bits per heavy atom. The van der Waals surface area contributed by atoms with E-state index in [2.05, 4.69) is 0 Å². The molecule has 10 nitrogen and oxygen atoms in total. The number of rotatable bonds is 4. The molecule has 0 spiro atoms. The zero-order valence-corrected chi connectivity index (χ0v) is 36.9. The molecule has 0 aliphatic heterocycles. The van der Waals surface area contributed by atoms with E-state index >= 15 is 0 Å². The van der Waals surface area contributed by atoms with Crippen LogP contribution in [0.4, 0.5) is 0 Å². The maximum Gasteiger partial charge on any atom is 1.00 e. The molecule has 5 rings (SSSR count). The summed E-state index contributed by atoms with van der Waals surface area (Å²) >= 11 is 0. The van der Waals surface area contributed by atoms with Gasteiger partial charge in [0.15, 0.2) is 0 Å². The SMILES string of the molecule is CC(C)(C)c1cc2c(O)c(c1)Cc1cc(C[P+]([O-])(O)O)cc(c1[O-])Cc1cc(C(C)(C)C)cc(c1O)Cc1cc(C[P+]([O-])(O)O)cc(c1[O-])C2.[Na+].[Na+]. The number of phenols is 2. The first-order chi connectivity index (χ1) is 22.9. The van der Waals surface area contributed by atoms with E-state index < -0.39 is 39.0 Å². The first kappa shape index (κ1) is 45.1. The average Bonchev–Trinajstić information content (AvgIpc) is 2.94. The van der Waals surface area contributed by atoms with Crippen LogP contribution in [0.5, 0.6) is 23.0 Å². The van der Waals surface area contributed by atoms with Gasteiger partial charge in [-0.1, -0.05) is 112 Å². The minimum absolute atomic E-state index is 0. The van der Waals surface area contributed by atoms with Crippen LogP contribution in [-0.4, -0.2) is 29.8 Å². The van der Waals surface area contributed by atoms with Crippen molar-refractivity contribution in [1.29, 1.82) is 0 Å². The van der Waals surface area contributed by atoms with Crippen LogP contribution in [0.15, 0.2) is 48.5 Å². The van der Waals surface area contributed by atoms with Crippen LogP contribution < -0.4 is 79.1 Å². The predicted octanol–water partition coefficient (Wildman–Crippen LogP) is -2.26. The molecule has 0 unspecified atom stereocenters. The Labute approximate surface area is 350 Å². The number of aromatic hydroxyl groups is 2. The average molecular weight is 769 g/mol. The van der Waals surface area contributed by atoms with Gasteiger partial charge in [0, 0.05) is 25.7 Å². The van der Waals surface area contributed by atoms with Gasteiger partial charge < -0.3 is 30.2 Å². The Balaban J connectivity index is 0.00000364. The molecule has 52 heavy (non-hydrogen) atoms. The van der Waals surface area contributed by atoms with E-state index in [4.69, 9.17) is 0 Å². The summed E-state index contributed by atoms with van der Waals surface area (Å²) < 4.78 is 0. The van der Waals surface area contributed by atoms with Gasteiger partial charge in [-0.3, -0.25) is 0 Å². The molecule has 268 valence electrons. The summed E-state index contributed by atoms with van der Waals surface area (Å²) in [6.07, 6.45) is -1.56. The van der Waals surface area contributed by atoms with Crippen LogP contribution in [0.2, 0.25) is 0 Å². The molecule has 6 N–H and O–H groups in total. The molecule has 8 bridgehead atoms.